The fourth-order valence-electron chi connectivity index (χ4n) is 2.59. The maximum atomic E-state index is 12.2. The highest BCUT2D eigenvalue weighted by molar-refractivity contribution is 6.02. The van der Waals surface area contributed by atoms with Gasteiger partial charge < -0.3 is 14.2 Å². The van der Waals surface area contributed by atoms with Crippen molar-refractivity contribution in [3.05, 3.63) is 48.0 Å². The van der Waals surface area contributed by atoms with Crippen LogP contribution in [0.15, 0.2) is 47.6 Å². The topological polar surface area (TPSA) is 89.5 Å². The SMILES string of the molecule is COc1cc(/C=N\NC(=O)CN2C(=O)COc3ccccc32)cc(OC)c1. The molecule has 1 aliphatic heterocycles. The Morgan fingerprint density at radius 3 is 2.63 bits per heavy atom. The Hall–Kier alpha value is -3.55. The number of para-hydroxylation sites is 2. The van der Waals surface area contributed by atoms with Crippen LogP contribution in [0.5, 0.6) is 17.2 Å². The van der Waals surface area contributed by atoms with Gasteiger partial charge in [-0.3, -0.25) is 14.5 Å². The van der Waals surface area contributed by atoms with Crippen LogP contribution in [0, 0.1) is 0 Å². The molecule has 0 saturated carbocycles. The van der Waals surface area contributed by atoms with E-state index in [0.29, 0.717) is 28.5 Å². The van der Waals surface area contributed by atoms with Gasteiger partial charge >= 0.3 is 0 Å². The maximum absolute atomic E-state index is 12.2. The van der Waals surface area contributed by atoms with Crippen LogP contribution < -0.4 is 24.5 Å². The van der Waals surface area contributed by atoms with Crippen molar-refractivity contribution in [3.63, 3.8) is 0 Å². The predicted molar refractivity (Wildman–Crippen MR) is 99.6 cm³/mol. The molecule has 2 amide bonds. The minimum atomic E-state index is -0.425. The second-order valence-corrected chi connectivity index (χ2v) is 5.68. The first kappa shape index (κ1) is 18.2. The molecule has 0 bridgehead atoms. The minimum Gasteiger partial charge on any atom is -0.497 e. The number of carbonyl (C=O) groups is 2. The van der Waals surface area contributed by atoms with Gasteiger partial charge in [0.2, 0.25) is 0 Å². The van der Waals surface area contributed by atoms with Gasteiger partial charge in [0.1, 0.15) is 23.8 Å². The lowest BCUT2D eigenvalue weighted by atomic mass is 10.2. The molecule has 0 aliphatic carbocycles. The van der Waals surface area contributed by atoms with Crippen LogP contribution >= 0.6 is 0 Å². The van der Waals surface area contributed by atoms with Crippen LogP contribution in [-0.2, 0) is 9.59 Å². The van der Waals surface area contributed by atoms with Gasteiger partial charge in [-0.2, -0.15) is 5.10 Å². The molecule has 0 spiro atoms. The summed E-state index contributed by atoms with van der Waals surface area (Å²) in [6.07, 6.45) is 1.47. The summed E-state index contributed by atoms with van der Waals surface area (Å²) in [5, 5.41) is 3.93. The number of hydrazone groups is 1. The molecule has 1 heterocycles. The van der Waals surface area contributed by atoms with Gasteiger partial charge in [0, 0.05) is 11.6 Å². The van der Waals surface area contributed by atoms with E-state index in [2.05, 4.69) is 10.5 Å². The van der Waals surface area contributed by atoms with E-state index < -0.39 is 5.91 Å². The number of fused-ring (bicyclic) bond motifs is 1. The van der Waals surface area contributed by atoms with Gasteiger partial charge in [0.05, 0.1) is 26.1 Å². The van der Waals surface area contributed by atoms with E-state index in [1.54, 1.807) is 56.7 Å². The van der Waals surface area contributed by atoms with Crippen molar-refractivity contribution < 1.29 is 23.8 Å². The highest BCUT2D eigenvalue weighted by Crippen LogP contribution is 2.31. The van der Waals surface area contributed by atoms with E-state index in [9.17, 15) is 9.59 Å². The zero-order valence-electron chi connectivity index (χ0n) is 15.0. The van der Waals surface area contributed by atoms with Crippen molar-refractivity contribution in [1.29, 1.82) is 0 Å². The number of hydrogen-bond acceptors (Lipinski definition) is 6. The van der Waals surface area contributed by atoms with Crippen LogP contribution in [0.3, 0.4) is 0 Å². The summed E-state index contributed by atoms with van der Waals surface area (Å²) in [7, 11) is 3.10. The fourth-order valence-corrected chi connectivity index (χ4v) is 2.59. The fraction of sp³-hybridized carbons (Fsp3) is 0.211. The van der Waals surface area contributed by atoms with Crippen LogP contribution in [0.25, 0.3) is 0 Å². The van der Waals surface area contributed by atoms with E-state index in [-0.39, 0.29) is 19.1 Å². The molecule has 2 aromatic rings. The van der Waals surface area contributed by atoms with Crippen LogP contribution in [0.4, 0.5) is 5.69 Å². The third-order valence-electron chi connectivity index (χ3n) is 3.89. The van der Waals surface area contributed by atoms with Crippen molar-refractivity contribution in [2.24, 2.45) is 5.10 Å². The van der Waals surface area contributed by atoms with E-state index in [1.165, 1.54) is 11.1 Å². The molecule has 27 heavy (non-hydrogen) atoms. The van der Waals surface area contributed by atoms with Gasteiger partial charge in [-0.25, -0.2) is 5.43 Å². The quantitative estimate of drug-likeness (QED) is 0.617. The largest absolute Gasteiger partial charge is 0.497 e. The molecule has 2 aromatic carbocycles. The molecule has 1 aliphatic rings. The standard InChI is InChI=1S/C19H19N3O5/c1-25-14-7-13(8-15(9-14)26-2)10-20-21-18(23)11-22-16-5-3-4-6-17(16)27-12-19(22)24/h3-10H,11-12H2,1-2H3,(H,21,23)/b20-10-. The molecular weight excluding hydrogens is 350 g/mol. The zero-order chi connectivity index (χ0) is 19.2. The summed E-state index contributed by atoms with van der Waals surface area (Å²) >= 11 is 0. The second kappa shape index (κ2) is 8.22. The first-order valence-corrected chi connectivity index (χ1v) is 8.18. The summed E-state index contributed by atoms with van der Waals surface area (Å²) in [6, 6.07) is 12.3. The van der Waals surface area contributed by atoms with E-state index in [1.807, 2.05) is 0 Å². The summed E-state index contributed by atoms with van der Waals surface area (Å²) in [4.78, 5) is 25.7. The number of carbonyl (C=O) groups excluding carboxylic acids is 2. The summed E-state index contributed by atoms with van der Waals surface area (Å²) in [5.41, 5.74) is 3.67. The highest BCUT2D eigenvalue weighted by Gasteiger charge is 2.26. The molecule has 3 rings (SSSR count). The molecule has 0 unspecified atom stereocenters. The number of amides is 2. The Kier molecular flexibility index (Phi) is 5.55. The van der Waals surface area contributed by atoms with Gasteiger partial charge in [-0.1, -0.05) is 12.1 Å². The van der Waals surface area contributed by atoms with Crippen LogP contribution in [0.2, 0.25) is 0 Å². The molecule has 8 heteroatoms. The van der Waals surface area contributed by atoms with Crippen molar-refractivity contribution in [2.75, 3.05) is 32.3 Å². The number of hydrogen-bond donors (Lipinski definition) is 1. The van der Waals surface area contributed by atoms with E-state index in [0.717, 1.165) is 0 Å². The molecule has 8 nitrogen and oxygen atoms in total. The van der Waals surface area contributed by atoms with Crippen LogP contribution in [-0.4, -0.2) is 45.4 Å². The first-order valence-electron chi connectivity index (χ1n) is 8.18. The molecule has 0 saturated heterocycles. The van der Waals surface area contributed by atoms with Crippen molar-refractivity contribution in [3.8, 4) is 17.2 Å². The van der Waals surface area contributed by atoms with Gasteiger partial charge in [-0.15, -0.1) is 0 Å². The van der Waals surface area contributed by atoms with Gasteiger partial charge in [0.15, 0.2) is 6.61 Å². The molecule has 0 radical (unpaired) electrons. The zero-order valence-corrected chi connectivity index (χ0v) is 15.0. The predicted octanol–water partition coefficient (Wildman–Crippen LogP) is 1.58. The van der Waals surface area contributed by atoms with Crippen molar-refractivity contribution in [2.45, 2.75) is 0 Å². The maximum Gasteiger partial charge on any atom is 0.265 e. The average Bonchev–Trinajstić information content (AvgIpc) is 2.69. The lowest BCUT2D eigenvalue weighted by molar-refractivity contribution is -0.125. The molecule has 1 N–H and O–H groups in total. The third kappa shape index (κ3) is 4.35. The van der Waals surface area contributed by atoms with Crippen molar-refractivity contribution in [1.82, 2.24) is 5.43 Å². The Bertz CT molecular complexity index is 859. The third-order valence-corrected chi connectivity index (χ3v) is 3.89. The molecule has 0 atom stereocenters. The Balaban J connectivity index is 1.65. The number of methoxy groups -OCH3 is 2. The normalized spacial score (nSPS) is 13.1. The van der Waals surface area contributed by atoms with Gasteiger partial charge in [-0.05, 0) is 24.3 Å². The number of rotatable bonds is 6. The lowest BCUT2D eigenvalue weighted by Crippen LogP contribution is -2.44. The van der Waals surface area contributed by atoms with E-state index >= 15 is 0 Å². The van der Waals surface area contributed by atoms with Crippen molar-refractivity contribution >= 4 is 23.7 Å². The monoisotopic (exact) mass is 369 g/mol. The van der Waals surface area contributed by atoms with Gasteiger partial charge in [0.25, 0.3) is 11.8 Å². The summed E-state index contributed by atoms with van der Waals surface area (Å²) in [6.45, 7) is -0.255. The minimum absolute atomic E-state index is 0.100. The molecule has 0 fully saturated rings. The number of nitrogens with zero attached hydrogens (tertiary/aromatic N) is 2. The molecule has 140 valence electrons. The number of anilines is 1. The Morgan fingerprint density at radius 1 is 1.22 bits per heavy atom. The summed E-state index contributed by atoms with van der Waals surface area (Å²) < 4.78 is 15.7. The number of nitrogens with one attached hydrogen (secondary N) is 1. The Morgan fingerprint density at radius 2 is 1.93 bits per heavy atom. The second-order valence-electron chi connectivity index (χ2n) is 5.68. The summed E-state index contributed by atoms with van der Waals surface area (Å²) in [5.74, 6) is 1.07. The number of benzene rings is 2. The smallest absolute Gasteiger partial charge is 0.265 e. The Labute approximate surface area is 156 Å². The van der Waals surface area contributed by atoms with E-state index in [4.69, 9.17) is 14.2 Å². The first-order chi connectivity index (χ1) is 13.1. The highest BCUT2D eigenvalue weighted by atomic mass is 16.5. The molecular formula is C19H19N3O5. The average molecular weight is 369 g/mol. The lowest BCUT2D eigenvalue weighted by Gasteiger charge is -2.28. The number of ether oxygens (including phenoxy) is 3. The van der Waals surface area contributed by atoms with Crippen LogP contribution in [0.1, 0.15) is 5.56 Å². The molecule has 0 aromatic heterocycles.